The fraction of sp³-hybridized carbons (Fsp3) is 0.500. The lowest BCUT2D eigenvalue weighted by Gasteiger charge is -2.15. The summed E-state index contributed by atoms with van der Waals surface area (Å²) in [4.78, 5) is 34.8. The Morgan fingerprint density at radius 1 is 1.36 bits per heavy atom. The number of nitro benzene ring substituents is 1. The number of methoxy groups -OCH3 is 1. The van der Waals surface area contributed by atoms with Gasteiger partial charge >= 0.3 is 5.97 Å². The smallest absolute Gasteiger partial charge is 0.346 e. The Hall–Kier alpha value is -2.84. The van der Waals surface area contributed by atoms with Gasteiger partial charge in [-0.2, -0.15) is 0 Å². The van der Waals surface area contributed by atoms with Crippen molar-refractivity contribution in [3.8, 4) is 11.5 Å². The summed E-state index contributed by atoms with van der Waals surface area (Å²) in [7, 11) is 1.35. The van der Waals surface area contributed by atoms with Crippen LogP contribution in [0.15, 0.2) is 12.1 Å². The van der Waals surface area contributed by atoms with E-state index >= 15 is 0 Å². The molecule has 1 atom stereocenters. The molecule has 1 aliphatic carbocycles. The van der Waals surface area contributed by atoms with Gasteiger partial charge in [-0.1, -0.05) is 0 Å². The first-order valence-corrected chi connectivity index (χ1v) is 7.88. The summed E-state index contributed by atoms with van der Waals surface area (Å²) in [5.74, 6) is -1.11. The van der Waals surface area contributed by atoms with Gasteiger partial charge in [-0.25, -0.2) is 4.79 Å². The van der Waals surface area contributed by atoms with Crippen LogP contribution in [0.1, 0.15) is 37.0 Å². The molecule has 0 spiro atoms. The molecule has 0 unspecified atom stereocenters. The van der Waals surface area contributed by atoms with Crippen molar-refractivity contribution in [2.75, 3.05) is 13.7 Å². The number of carbonyl (C=O) groups is 2. The van der Waals surface area contributed by atoms with Crippen LogP contribution in [0.2, 0.25) is 0 Å². The summed E-state index contributed by atoms with van der Waals surface area (Å²) in [6.07, 6.45) is 0.729. The molecule has 9 nitrogen and oxygen atoms in total. The number of ether oxygens (including phenoxy) is 3. The van der Waals surface area contributed by atoms with Gasteiger partial charge in [-0.05, 0) is 26.7 Å². The van der Waals surface area contributed by atoms with Crippen molar-refractivity contribution in [1.29, 1.82) is 0 Å². The molecule has 0 radical (unpaired) electrons. The van der Waals surface area contributed by atoms with E-state index in [0.29, 0.717) is 0 Å². The fourth-order valence-electron chi connectivity index (χ4n) is 2.12. The van der Waals surface area contributed by atoms with Crippen molar-refractivity contribution in [2.45, 2.75) is 38.8 Å². The maximum atomic E-state index is 12.3. The quantitative estimate of drug-likeness (QED) is 0.431. The van der Waals surface area contributed by atoms with Crippen molar-refractivity contribution in [1.82, 2.24) is 5.32 Å². The third kappa shape index (κ3) is 4.59. The molecule has 1 N–H and O–H groups in total. The highest BCUT2D eigenvalue weighted by atomic mass is 16.6. The van der Waals surface area contributed by atoms with Gasteiger partial charge in [0.25, 0.3) is 11.6 Å². The van der Waals surface area contributed by atoms with Gasteiger partial charge in [0.05, 0.1) is 24.7 Å². The Labute approximate surface area is 144 Å². The Balaban J connectivity index is 2.24. The molecular formula is C16H20N2O7. The van der Waals surface area contributed by atoms with E-state index in [1.807, 2.05) is 0 Å². The average molecular weight is 352 g/mol. The zero-order chi connectivity index (χ0) is 18.6. The van der Waals surface area contributed by atoms with Gasteiger partial charge in [0, 0.05) is 12.1 Å². The van der Waals surface area contributed by atoms with Crippen LogP contribution >= 0.6 is 0 Å². The molecule has 9 heteroatoms. The van der Waals surface area contributed by atoms with Crippen LogP contribution in [0.5, 0.6) is 11.5 Å². The zero-order valence-electron chi connectivity index (χ0n) is 14.2. The third-order valence-electron chi connectivity index (χ3n) is 3.58. The first-order valence-electron chi connectivity index (χ1n) is 7.88. The number of nitro groups is 1. The van der Waals surface area contributed by atoms with Crippen LogP contribution in [0, 0.1) is 10.1 Å². The predicted octanol–water partition coefficient (Wildman–Crippen LogP) is 1.83. The van der Waals surface area contributed by atoms with E-state index in [2.05, 4.69) is 5.32 Å². The molecule has 0 bridgehead atoms. The number of nitrogens with zero attached hydrogens (tertiary/aromatic N) is 1. The van der Waals surface area contributed by atoms with Gasteiger partial charge in [-0.3, -0.25) is 14.9 Å². The van der Waals surface area contributed by atoms with Crippen LogP contribution in [0.4, 0.5) is 5.69 Å². The molecular weight excluding hydrogens is 332 g/mol. The SMILES string of the molecule is CCOc1cc([N+](=O)[O-])c(C(=O)O[C@H](C)C(=O)NC2CC2)cc1OC. The lowest BCUT2D eigenvalue weighted by atomic mass is 10.1. The number of amides is 1. The summed E-state index contributed by atoms with van der Waals surface area (Å²) < 4.78 is 15.4. The van der Waals surface area contributed by atoms with E-state index in [0.717, 1.165) is 18.9 Å². The molecule has 1 amide bonds. The minimum atomic E-state index is -1.06. The number of hydrogen-bond acceptors (Lipinski definition) is 7. The largest absolute Gasteiger partial charge is 0.493 e. The van der Waals surface area contributed by atoms with Crippen molar-refractivity contribution < 1.29 is 28.7 Å². The molecule has 1 aromatic carbocycles. The van der Waals surface area contributed by atoms with Crippen molar-refractivity contribution >= 4 is 17.6 Å². The normalized spacial score (nSPS) is 14.4. The molecule has 0 aliphatic heterocycles. The number of rotatable bonds is 8. The third-order valence-corrected chi connectivity index (χ3v) is 3.58. The second-order valence-corrected chi connectivity index (χ2v) is 5.54. The van der Waals surface area contributed by atoms with E-state index in [1.165, 1.54) is 20.1 Å². The number of carbonyl (C=O) groups excluding carboxylic acids is 2. The van der Waals surface area contributed by atoms with E-state index in [9.17, 15) is 19.7 Å². The first kappa shape index (κ1) is 18.5. The topological polar surface area (TPSA) is 117 Å². The Bertz CT molecular complexity index is 685. The first-order chi connectivity index (χ1) is 11.9. The maximum Gasteiger partial charge on any atom is 0.346 e. The molecule has 0 heterocycles. The Kier molecular flexibility index (Phi) is 5.79. The summed E-state index contributed by atoms with van der Waals surface area (Å²) in [5.41, 5.74) is -0.791. The highest BCUT2D eigenvalue weighted by molar-refractivity contribution is 5.96. The summed E-state index contributed by atoms with van der Waals surface area (Å²) in [5, 5.41) is 14.0. The highest BCUT2D eigenvalue weighted by Crippen LogP contribution is 2.35. The van der Waals surface area contributed by atoms with Crippen LogP contribution in [0.3, 0.4) is 0 Å². The number of nitrogens with one attached hydrogen (secondary N) is 1. The minimum absolute atomic E-state index is 0.119. The predicted molar refractivity (Wildman–Crippen MR) is 86.9 cm³/mol. The summed E-state index contributed by atoms with van der Waals surface area (Å²) in [6.45, 7) is 3.40. The van der Waals surface area contributed by atoms with Crippen molar-refractivity contribution in [3.05, 3.63) is 27.8 Å². The molecule has 2 rings (SSSR count). The lowest BCUT2D eigenvalue weighted by Crippen LogP contribution is -2.37. The molecule has 1 aliphatic rings. The van der Waals surface area contributed by atoms with Gasteiger partial charge in [-0.15, -0.1) is 0 Å². The second kappa shape index (κ2) is 7.82. The molecule has 25 heavy (non-hydrogen) atoms. The average Bonchev–Trinajstić information content (AvgIpc) is 3.38. The molecule has 136 valence electrons. The fourth-order valence-corrected chi connectivity index (χ4v) is 2.12. The van der Waals surface area contributed by atoms with E-state index < -0.39 is 28.6 Å². The van der Waals surface area contributed by atoms with E-state index in [4.69, 9.17) is 14.2 Å². The minimum Gasteiger partial charge on any atom is -0.493 e. The van der Waals surface area contributed by atoms with Crippen molar-refractivity contribution in [2.24, 2.45) is 0 Å². The zero-order valence-corrected chi connectivity index (χ0v) is 14.2. The van der Waals surface area contributed by atoms with Crippen LogP contribution in [-0.2, 0) is 9.53 Å². The number of hydrogen-bond donors (Lipinski definition) is 1. The van der Waals surface area contributed by atoms with Gasteiger partial charge < -0.3 is 19.5 Å². The second-order valence-electron chi connectivity index (χ2n) is 5.54. The van der Waals surface area contributed by atoms with Crippen molar-refractivity contribution in [3.63, 3.8) is 0 Å². The lowest BCUT2D eigenvalue weighted by molar-refractivity contribution is -0.385. The number of esters is 1. The maximum absolute atomic E-state index is 12.3. The molecule has 0 aromatic heterocycles. The van der Waals surface area contributed by atoms with Gasteiger partial charge in [0.15, 0.2) is 17.6 Å². The van der Waals surface area contributed by atoms with E-state index in [1.54, 1.807) is 6.92 Å². The molecule has 1 saturated carbocycles. The summed E-state index contributed by atoms with van der Waals surface area (Å²) in [6, 6.07) is 2.40. The van der Waals surface area contributed by atoms with E-state index in [-0.39, 0.29) is 29.7 Å². The van der Waals surface area contributed by atoms with Crippen LogP contribution in [0.25, 0.3) is 0 Å². The van der Waals surface area contributed by atoms with Gasteiger partial charge in [0.2, 0.25) is 0 Å². The van der Waals surface area contributed by atoms with Crippen LogP contribution in [-0.4, -0.2) is 42.7 Å². The Morgan fingerprint density at radius 3 is 2.56 bits per heavy atom. The van der Waals surface area contributed by atoms with Gasteiger partial charge in [0.1, 0.15) is 5.56 Å². The standard InChI is InChI=1S/C16H20N2O7/c1-4-24-14-8-12(18(21)22)11(7-13(14)23-3)16(20)25-9(2)15(19)17-10-5-6-10/h7-10H,4-6H2,1-3H3,(H,17,19)/t9-/m1/s1. The molecule has 1 fully saturated rings. The molecule has 0 saturated heterocycles. The number of benzene rings is 1. The Morgan fingerprint density at radius 2 is 2.04 bits per heavy atom. The summed E-state index contributed by atoms with van der Waals surface area (Å²) >= 11 is 0. The monoisotopic (exact) mass is 352 g/mol. The highest BCUT2D eigenvalue weighted by Gasteiger charge is 2.30. The van der Waals surface area contributed by atoms with Crippen LogP contribution < -0.4 is 14.8 Å². The molecule has 1 aromatic rings.